The van der Waals surface area contributed by atoms with Gasteiger partial charge < -0.3 is 9.47 Å². The number of methoxy groups -OCH3 is 1. The Bertz CT molecular complexity index is 709. The summed E-state index contributed by atoms with van der Waals surface area (Å²) in [5.74, 6) is 0.194. The Balaban J connectivity index is 1.94. The molecule has 120 valence electrons. The van der Waals surface area contributed by atoms with Gasteiger partial charge in [0.15, 0.2) is 0 Å². The number of benzene rings is 2. The zero-order valence-electron chi connectivity index (χ0n) is 12.9. The summed E-state index contributed by atoms with van der Waals surface area (Å²) in [6.07, 6.45) is 0.559. The summed E-state index contributed by atoms with van der Waals surface area (Å²) < 4.78 is 10.2. The number of nitrogens with zero attached hydrogens (tertiary/aromatic N) is 1. The summed E-state index contributed by atoms with van der Waals surface area (Å²) in [5.41, 5.74) is 1.60. The van der Waals surface area contributed by atoms with Gasteiger partial charge in [0, 0.05) is 18.1 Å². The van der Waals surface area contributed by atoms with Gasteiger partial charge in [0.25, 0.3) is 5.69 Å². The second kappa shape index (κ2) is 7.40. The van der Waals surface area contributed by atoms with Crippen molar-refractivity contribution in [2.24, 2.45) is 0 Å². The van der Waals surface area contributed by atoms with Gasteiger partial charge in [-0.05, 0) is 30.7 Å². The predicted molar refractivity (Wildman–Crippen MR) is 84.8 cm³/mol. The summed E-state index contributed by atoms with van der Waals surface area (Å²) >= 11 is 0. The Hall–Kier alpha value is -2.89. The van der Waals surface area contributed by atoms with Crippen molar-refractivity contribution < 1.29 is 19.2 Å². The van der Waals surface area contributed by atoms with Crippen LogP contribution in [-0.4, -0.2) is 24.6 Å². The van der Waals surface area contributed by atoms with E-state index in [1.807, 2.05) is 24.3 Å². The second-order valence-corrected chi connectivity index (χ2v) is 4.99. The molecular formula is C17H17NO5. The highest BCUT2D eigenvalue weighted by atomic mass is 16.6. The van der Waals surface area contributed by atoms with Gasteiger partial charge in [0.1, 0.15) is 5.75 Å². The molecule has 0 aromatic heterocycles. The van der Waals surface area contributed by atoms with Crippen LogP contribution in [0.5, 0.6) is 5.75 Å². The molecule has 23 heavy (non-hydrogen) atoms. The first-order chi connectivity index (χ1) is 11.0. The maximum atomic E-state index is 12.0. The molecule has 2 aromatic carbocycles. The fourth-order valence-electron chi connectivity index (χ4n) is 2.07. The maximum Gasteiger partial charge on any atom is 0.338 e. The molecule has 2 rings (SSSR count). The standard InChI is InChI=1S/C17H17NO5/c1-12-3-6-14(11-16(12)18(20)21)17(19)23-10-9-13-4-7-15(22-2)8-5-13/h3-8,11H,9-10H2,1-2H3. The normalized spacial score (nSPS) is 10.2. The molecule has 0 aliphatic rings. The molecule has 0 radical (unpaired) electrons. The molecule has 0 heterocycles. The van der Waals surface area contributed by atoms with E-state index in [-0.39, 0.29) is 17.9 Å². The minimum atomic E-state index is -0.568. The monoisotopic (exact) mass is 315 g/mol. The number of carbonyl (C=O) groups excluding carboxylic acids is 1. The van der Waals surface area contributed by atoms with Crippen LogP contribution in [0.3, 0.4) is 0 Å². The van der Waals surface area contributed by atoms with Crippen molar-refractivity contribution >= 4 is 11.7 Å². The molecule has 6 nitrogen and oxygen atoms in total. The van der Waals surface area contributed by atoms with Crippen molar-refractivity contribution in [1.82, 2.24) is 0 Å². The van der Waals surface area contributed by atoms with Crippen molar-refractivity contribution in [2.75, 3.05) is 13.7 Å². The SMILES string of the molecule is COc1ccc(CCOC(=O)c2ccc(C)c([N+](=O)[O-])c2)cc1. The highest BCUT2D eigenvalue weighted by Gasteiger charge is 2.15. The molecule has 0 aliphatic carbocycles. The smallest absolute Gasteiger partial charge is 0.338 e. The molecule has 0 N–H and O–H groups in total. The van der Waals surface area contributed by atoms with Crippen LogP contribution in [0.25, 0.3) is 0 Å². The van der Waals surface area contributed by atoms with Crippen molar-refractivity contribution in [3.05, 3.63) is 69.3 Å². The summed E-state index contributed by atoms with van der Waals surface area (Å²) in [4.78, 5) is 22.3. The number of ether oxygens (including phenoxy) is 2. The number of esters is 1. The third-order valence-electron chi connectivity index (χ3n) is 3.42. The van der Waals surface area contributed by atoms with Gasteiger partial charge in [0.2, 0.25) is 0 Å². The van der Waals surface area contributed by atoms with Crippen molar-refractivity contribution in [1.29, 1.82) is 0 Å². The van der Waals surface area contributed by atoms with Crippen LogP contribution < -0.4 is 4.74 Å². The van der Waals surface area contributed by atoms with Gasteiger partial charge in [-0.25, -0.2) is 4.79 Å². The fourth-order valence-corrected chi connectivity index (χ4v) is 2.07. The van der Waals surface area contributed by atoms with Gasteiger partial charge in [-0.3, -0.25) is 10.1 Å². The highest BCUT2D eigenvalue weighted by molar-refractivity contribution is 5.90. The zero-order valence-corrected chi connectivity index (χ0v) is 12.9. The van der Waals surface area contributed by atoms with Crippen LogP contribution in [-0.2, 0) is 11.2 Å². The lowest BCUT2D eigenvalue weighted by molar-refractivity contribution is -0.385. The molecule has 0 saturated heterocycles. The van der Waals surface area contributed by atoms with Gasteiger partial charge in [-0.1, -0.05) is 18.2 Å². The molecule has 0 fully saturated rings. The van der Waals surface area contributed by atoms with E-state index >= 15 is 0 Å². The first-order valence-electron chi connectivity index (χ1n) is 7.06. The molecule has 0 amide bonds. The minimum Gasteiger partial charge on any atom is -0.497 e. The van der Waals surface area contributed by atoms with Crippen LogP contribution in [0, 0.1) is 17.0 Å². The number of carbonyl (C=O) groups is 1. The quantitative estimate of drug-likeness (QED) is 0.464. The topological polar surface area (TPSA) is 78.7 Å². The summed E-state index contributed by atoms with van der Waals surface area (Å²) in [5, 5.41) is 10.9. The summed E-state index contributed by atoms with van der Waals surface area (Å²) in [6, 6.07) is 11.8. The first-order valence-corrected chi connectivity index (χ1v) is 7.06. The third kappa shape index (κ3) is 4.29. The van der Waals surface area contributed by atoms with E-state index in [9.17, 15) is 14.9 Å². The molecule has 0 aliphatic heterocycles. The van der Waals surface area contributed by atoms with E-state index in [0.29, 0.717) is 12.0 Å². The fraction of sp³-hybridized carbons (Fsp3) is 0.235. The number of aryl methyl sites for hydroxylation is 1. The lowest BCUT2D eigenvalue weighted by Gasteiger charge is -2.06. The van der Waals surface area contributed by atoms with Crippen LogP contribution in [0.2, 0.25) is 0 Å². The van der Waals surface area contributed by atoms with E-state index in [1.165, 1.54) is 18.2 Å². The lowest BCUT2D eigenvalue weighted by Crippen LogP contribution is -2.09. The Morgan fingerprint density at radius 1 is 1.17 bits per heavy atom. The van der Waals surface area contributed by atoms with E-state index in [2.05, 4.69) is 0 Å². The highest BCUT2D eigenvalue weighted by Crippen LogP contribution is 2.20. The van der Waals surface area contributed by atoms with Gasteiger partial charge >= 0.3 is 5.97 Å². The van der Waals surface area contributed by atoms with Gasteiger partial charge in [-0.2, -0.15) is 0 Å². The number of rotatable bonds is 6. The Kier molecular flexibility index (Phi) is 5.30. The van der Waals surface area contributed by atoms with Gasteiger partial charge in [0.05, 0.1) is 24.2 Å². The van der Waals surface area contributed by atoms with Gasteiger partial charge in [-0.15, -0.1) is 0 Å². The predicted octanol–water partition coefficient (Wildman–Crippen LogP) is 3.31. The third-order valence-corrected chi connectivity index (χ3v) is 3.42. The average molecular weight is 315 g/mol. The average Bonchev–Trinajstić information content (AvgIpc) is 2.55. The molecule has 0 saturated carbocycles. The zero-order chi connectivity index (χ0) is 16.8. The minimum absolute atomic E-state index is 0.0883. The first kappa shape index (κ1) is 16.5. The van der Waals surface area contributed by atoms with Crippen molar-refractivity contribution in [3.63, 3.8) is 0 Å². The van der Waals surface area contributed by atoms with E-state index < -0.39 is 10.9 Å². The molecular weight excluding hydrogens is 298 g/mol. The molecule has 2 aromatic rings. The van der Waals surface area contributed by atoms with Crippen molar-refractivity contribution in [2.45, 2.75) is 13.3 Å². The molecule has 0 spiro atoms. The number of hydrogen-bond donors (Lipinski definition) is 0. The van der Waals surface area contributed by atoms with Crippen LogP contribution in [0.4, 0.5) is 5.69 Å². The van der Waals surface area contributed by atoms with E-state index in [4.69, 9.17) is 9.47 Å². The molecule has 0 atom stereocenters. The number of nitro groups is 1. The molecule has 0 bridgehead atoms. The van der Waals surface area contributed by atoms with Crippen LogP contribution >= 0.6 is 0 Å². The second-order valence-electron chi connectivity index (χ2n) is 4.99. The summed E-state index contributed by atoms with van der Waals surface area (Å²) in [7, 11) is 1.59. The summed E-state index contributed by atoms with van der Waals surface area (Å²) in [6.45, 7) is 1.82. The van der Waals surface area contributed by atoms with E-state index in [1.54, 1.807) is 14.0 Å². The van der Waals surface area contributed by atoms with E-state index in [0.717, 1.165) is 11.3 Å². The Labute approximate surface area is 133 Å². The molecule has 6 heteroatoms. The van der Waals surface area contributed by atoms with Crippen LogP contribution in [0.15, 0.2) is 42.5 Å². The molecule has 0 unspecified atom stereocenters. The number of hydrogen-bond acceptors (Lipinski definition) is 5. The lowest BCUT2D eigenvalue weighted by atomic mass is 10.1. The Morgan fingerprint density at radius 3 is 2.48 bits per heavy atom. The van der Waals surface area contributed by atoms with Crippen LogP contribution in [0.1, 0.15) is 21.5 Å². The maximum absolute atomic E-state index is 12.0. The largest absolute Gasteiger partial charge is 0.497 e. The Morgan fingerprint density at radius 2 is 1.87 bits per heavy atom. The number of nitro benzene ring substituents is 1. The van der Waals surface area contributed by atoms with Crippen molar-refractivity contribution in [3.8, 4) is 5.75 Å².